The molecule has 0 radical (unpaired) electrons. The summed E-state index contributed by atoms with van der Waals surface area (Å²) in [6.07, 6.45) is 0.788. The number of amides is 2. The molecule has 3 rings (SSSR count). The first-order chi connectivity index (χ1) is 14.0. The number of benzene rings is 2. The van der Waals surface area contributed by atoms with Crippen LogP contribution in [0.3, 0.4) is 0 Å². The SMILES string of the molecule is CCCN(Cc1ccc(C#N)cc1)C(=O)C1=NCC(=O)N(c2ccc(C)cc2)N1. The van der Waals surface area contributed by atoms with Crippen LogP contribution >= 0.6 is 0 Å². The van der Waals surface area contributed by atoms with Crippen molar-refractivity contribution in [1.82, 2.24) is 10.3 Å². The number of anilines is 1. The summed E-state index contributed by atoms with van der Waals surface area (Å²) in [5, 5.41) is 10.3. The number of aryl methyl sites for hydroxylation is 1. The van der Waals surface area contributed by atoms with Gasteiger partial charge in [0.25, 0.3) is 11.8 Å². The lowest BCUT2D eigenvalue weighted by atomic mass is 10.1. The van der Waals surface area contributed by atoms with E-state index in [-0.39, 0.29) is 24.2 Å². The highest BCUT2D eigenvalue weighted by Crippen LogP contribution is 2.16. The number of hydrogen-bond donors (Lipinski definition) is 1. The average Bonchev–Trinajstić information content (AvgIpc) is 2.74. The van der Waals surface area contributed by atoms with E-state index >= 15 is 0 Å². The maximum Gasteiger partial charge on any atom is 0.291 e. The van der Waals surface area contributed by atoms with Crippen molar-refractivity contribution in [2.45, 2.75) is 26.8 Å². The largest absolute Gasteiger partial charge is 0.332 e. The quantitative estimate of drug-likeness (QED) is 0.822. The highest BCUT2D eigenvalue weighted by molar-refractivity contribution is 6.39. The van der Waals surface area contributed by atoms with Gasteiger partial charge >= 0.3 is 0 Å². The van der Waals surface area contributed by atoms with Gasteiger partial charge in [0, 0.05) is 13.1 Å². The van der Waals surface area contributed by atoms with Gasteiger partial charge in [-0.1, -0.05) is 36.8 Å². The molecule has 0 saturated heterocycles. The second-order valence-electron chi connectivity index (χ2n) is 6.88. The predicted molar refractivity (Wildman–Crippen MR) is 111 cm³/mol. The van der Waals surface area contributed by atoms with Crippen LogP contribution in [0.5, 0.6) is 0 Å². The Morgan fingerprint density at radius 1 is 1.21 bits per heavy atom. The van der Waals surface area contributed by atoms with E-state index in [9.17, 15) is 9.59 Å². The van der Waals surface area contributed by atoms with Crippen LogP contribution in [0.2, 0.25) is 0 Å². The van der Waals surface area contributed by atoms with E-state index in [1.165, 1.54) is 5.01 Å². The number of hydrogen-bond acceptors (Lipinski definition) is 5. The zero-order chi connectivity index (χ0) is 20.8. The van der Waals surface area contributed by atoms with E-state index in [0.29, 0.717) is 24.3 Å². The summed E-state index contributed by atoms with van der Waals surface area (Å²) >= 11 is 0. The van der Waals surface area contributed by atoms with Crippen molar-refractivity contribution in [2.75, 3.05) is 18.1 Å². The van der Waals surface area contributed by atoms with Gasteiger partial charge in [-0.05, 0) is 43.2 Å². The summed E-state index contributed by atoms with van der Waals surface area (Å²) in [7, 11) is 0. The molecule has 0 fully saturated rings. The van der Waals surface area contributed by atoms with Gasteiger partial charge in [0.05, 0.1) is 17.3 Å². The van der Waals surface area contributed by atoms with Crippen molar-refractivity contribution in [3.63, 3.8) is 0 Å². The van der Waals surface area contributed by atoms with Gasteiger partial charge in [-0.2, -0.15) is 5.26 Å². The number of nitriles is 1. The highest BCUT2D eigenvalue weighted by atomic mass is 16.2. The number of amidine groups is 1. The van der Waals surface area contributed by atoms with Gasteiger partial charge in [-0.15, -0.1) is 0 Å². The molecule has 2 amide bonds. The molecular weight excluding hydrogens is 366 g/mol. The van der Waals surface area contributed by atoms with Gasteiger partial charge < -0.3 is 4.90 Å². The van der Waals surface area contributed by atoms with E-state index in [1.807, 2.05) is 50.2 Å². The van der Waals surface area contributed by atoms with E-state index in [0.717, 1.165) is 17.5 Å². The lowest BCUT2D eigenvalue weighted by Crippen LogP contribution is -2.56. The van der Waals surface area contributed by atoms with Crippen LogP contribution in [-0.4, -0.2) is 35.6 Å². The molecule has 0 spiro atoms. The molecule has 0 unspecified atom stereocenters. The first-order valence-corrected chi connectivity index (χ1v) is 9.51. The summed E-state index contributed by atoms with van der Waals surface area (Å²) in [4.78, 5) is 31.2. The number of rotatable bonds is 6. The minimum absolute atomic E-state index is 0.0845. The molecule has 0 atom stereocenters. The van der Waals surface area contributed by atoms with E-state index in [1.54, 1.807) is 17.0 Å². The van der Waals surface area contributed by atoms with Crippen molar-refractivity contribution in [1.29, 1.82) is 5.26 Å². The molecular formula is C22H23N5O2. The molecule has 1 heterocycles. The van der Waals surface area contributed by atoms with Crippen LogP contribution in [-0.2, 0) is 16.1 Å². The molecule has 0 saturated carbocycles. The number of nitrogens with zero attached hydrogens (tertiary/aromatic N) is 4. The van der Waals surface area contributed by atoms with Crippen molar-refractivity contribution >= 4 is 23.3 Å². The molecule has 2 aromatic carbocycles. The fraction of sp³-hybridized carbons (Fsp3) is 0.273. The Morgan fingerprint density at radius 2 is 1.90 bits per heavy atom. The predicted octanol–water partition coefficient (Wildman–Crippen LogP) is 2.56. The second kappa shape index (κ2) is 9.02. The molecule has 7 nitrogen and oxygen atoms in total. The van der Waals surface area contributed by atoms with Crippen molar-refractivity contribution in [3.8, 4) is 6.07 Å². The summed E-state index contributed by atoms with van der Waals surface area (Å²) in [5.41, 5.74) is 6.13. The third-order valence-electron chi connectivity index (χ3n) is 4.57. The minimum Gasteiger partial charge on any atom is -0.332 e. The Hall–Kier alpha value is -3.66. The molecule has 1 aliphatic rings. The number of aliphatic imine (C=N–C) groups is 1. The van der Waals surface area contributed by atoms with E-state index in [2.05, 4.69) is 16.5 Å². The Labute approximate surface area is 170 Å². The smallest absolute Gasteiger partial charge is 0.291 e. The van der Waals surface area contributed by atoms with Crippen molar-refractivity contribution in [2.24, 2.45) is 4.99 Å². The zero-order valence-corrected chi connectivity index (χ0v) is 16.6. The van der Waals surface area contributed by atoms with Crippen LogP contribution in [0.15, 0.2) is 53.5 Å². The molecule has 29 heavy (non-hydrogen) atoms. The lowest BCUT2D eigenvalue weighted by Gasteiger charge is -2.30. The summed E-state index contributed by atoms with van der Waals surface area (Å²) in [5.74, 6) is -0.340. The highest BCUT2D eigenvalue weighted by Gasteiger charge is 2.28. The van der Waals surface area contributed by atoms with Crippen LogP contribution in [0.1, 0.15) is 30.0 Å². The van der Waals surface area contributed by atoms with E-state index < -0.39 is 0 Å². The average molecular weight is 389 g/mol. The first-order valence-electron chi connectivity index (χ1n) is 9.51. The normalized spacial score (nSPS) is 13.3. The molecule has 1 aliphatic heterocycles. The van der Waals surface area contributed by atoms with Gasteiger partial charge in [-0.25, -0.2) is 5.01 Å². The molecule has 2 aromatic rings. The maximum atomic E-state index is 13.1. The number of carbonyl (C=O) groups excluding carboxylic acids is 2. The Bertz CT molecular complexity index is 958. The van der Waals surface area contributed by atoms with Crippen LogP contribution in [0, 0.1) is 18.3 Å². The number of nitrogens with one attached hydrogen (secondary N) is 1. The van der Waals surface area contributed by atoms with Gasteiger partial charge in [0.2, 0.25) is 5.84 Å². The summed E-state index contributed by atoms with van der Waals surface area (Å²) in [6.45, 7) is 4.84. The Morgan fingerprint density at radius 3 is 2.52 bits per heavy atom. The number of hydrazine groups is 1. The lowest BCUT2D eigenvalue weighted by molar-refractivity contribution is -0.125. The summed E-state index contributed by atoms with van der Waals surface area (Å²) in [6, 6.07) is 16.7. The van der Waals surface area contributed by atoms with Gasteiger partial charge in [0.15, 0.2) is 0 Å². The molecule has 7 heteroatoms. The fourth-order valence-corrected chi connectivity index (χ4v) is 3.02. The fourth-order valence-electron chi connectivity index (χ4n) is 3.02. The van der Waals surface area contributed by atoms with Crippen LogP contribution in [0.4, 0.5) is 5.69 Å². The summed E-state index contributed by atoms with van der Waals surface area (Å²) < 4.78 is 0. The first kappa shape index (κ1) is 20.1. The van der Waals surface area contributed by atoms with Crippen molar-refractivity contribution in [3.05, 3.63) is 65.2 Å². The Balaban J connectivity index is 1.77. The molecule has 0 aromatic heterocycles. The molecule has 1 N–H and O–H groups in total. The maximum absolute atomic E-state index is 13.1. The minimum atomic E-state index is -0.263. The number of carbonyl (C=O) groups is 2. The third-order valence-corrected chi connectivity index (χ3v) is 4.57. The third kappa shape index (κ3) is 4.79. The molecule has 0 aliphatic carbocycles. The van der Waals surface area contributed by atoms with Gasteiger partial charge in [-0.3, -0.25) is 20.0 Å². The van der Waals surface area contributed by atoms with Crippen LogP contribution < -0.4 is 10.4 Å². The monoisotopic (exact) mass is 389 g/mol. The standard InChI is InChI=1S/C22H23N5O2/c1-3-12-26(15-18-8-6-17(13-23)7-9-18)22(29)21-24-14-20(28)27(25-21)19-10-4-16(2)5-11-19/h4-11H,3,12,14-15H2,1-2H3,(H,24,25). The molecule has 148 valence electrons. The second-order valence-corrected chi connectivity index (χ2v) is 6.88. The Kier molecular flexibility index (Phi) is 6.25. The molecule has 0 bridgehead atoms. The van der Waals surface area contributed by atoms with Crippen LogP contribution in [0.25, 0.3) is 0 Å². The topological polar surface area (TPSA) is 88.8 Å². The zero-order valence-electron chi connectivity index (χ0n) is 16.6. The van der Waals surface area contributed by atoms with Gasteiger partial charge in [0.1, 0.15) is 6.54 Å². The van der Waals surface area contributed by atoms with Crippen molar-refractivity contribution < 1.29 is 9.59 Å². The van der Waals surface area contributed by atoms with E-state index in [4.69, 9.17) is 5.26 Å².